The van der Waals surface area contributed by atoms with Crippen molar-refractivity contribution >= 4 is 51.1 Å². The lowest BCUT2D eigenvalue weighted by molar-refractivity contribution is 0.249. The third-order valence-corrected chi connectivity index (χ3v) is 7.61. The normalized spacial score (nSPS) is 16.2. The van der Waals surface area contributed by atoms with Crippen molar-refractivity contribution in [3.8, 4) is 0 Å². The highest BCUT2D eigenvalue weighted by Gasteiger charge is 2.24. The molecule has 1 aromatic heterocycles. The first-order valence-corrected chi connectivity index (χ1v) is 12.1. The summed E-state index contributed by atoms with van der Waals surface area (Å²) in [6.07, 6.45) is 2.48. The van der Waals surface area contributed by atoms with E-state index in [-0.39, 0.29) is 29.7 Å². The lowest BCUT2D eigenvalue weighted by atomic mass is 10.2. The second kappa shape index (κ2) is 11.9. The molecule has 1 saturated heterocycles. The summed E-state index contributed by atoms with van der Waals surface area (Å²) in [4.78, 5) is 8.45. The summed E-state index contributed by atoms with van der Waals surface area (Å²) in [6, 6.07) is 13.1. The minimum atomic E-state index is -3.30. The van der Waals surface area contributed by atoms with Crippen LogP contribution in [0, 0.1) is 0 Å². The van der Waals surface area contributed by atoms with E-state index in [1.165, 1.54) is 17.7 Å². The van der Waals surface area contributed by atoms with E-state index < -0.39 is 9.84 Å². The number of halogens is 1. The van der Waals surface area contributed by atoms with Gasteiger partial charge in [0.25, 0.3) is 0 Å². The smallest absolute Gasteiger partial charge is 0.191 e. The van der Waals surface area contributed by atoms with Crippen LogP contribution in [-0.4, -0.2) is 58.3 Å². The zero-order chi connectivity index (χ0) is 19.8. The zero-order valence-corrected chi connectivity index (χ0v) is 20.5. The molecule has 0 saturated carbocycles. The topological polar surface area (TPSA) is 73.8 Å². The number of rotatable bonds is 8. The maximum Gasteiger partial charge on any atom is 0.191 e. The number of hydrogen-bond donors (Lipinski definition) is 2. The zero-order valence-electron chi connectivity index (χ0n) is 16.6. The largest absolute Gasteiger partial charge is 0.355 e. The predicted molar refractivity (Wildman–Crippen MR) is 131 cm³/mol. The first kappa shape index (κ1) is 24.1. The fourth-order valence-electron chi connectivity index (χ4n) is 3.41. The summed E-state index contributed by atoms with van der Waals surface area (Å²) in [5.41, 5.74) is 0. The molecule has 0 radical (unpaired) electrons. The molecule has 1 unspecified atom stereocenters. The van der Waals surface area contributed by atoms with Gasteiger partial charge < -0.3 is 10.6 Å². The summed E-state index contributed by atoms with van der Waals surface area (Å²) in [7, 11) is -1.59. The van der Waals surface area contributed by atoms with Crippen molar-refractivity contribution in [3.05, 3.63) is 52.7 Å². The van der Waals surface area contributed by atoms with E-state index in [2.05, 4.69) is 38.0 Å². The second-order valence-corrected chi connectivity index (χ2v) is 9.87. The molecule has 2 heterocycles. The van der Waals surface area contributed by atoms with Crippen LogP contribution >= 0.6 is 35.3 Å². The fourth-order valence-corrected chi connectivity index (χ4v) is 5.45. The Morgan fingerprint density at radius 3 is 2.48 bits per heavy atom. The number of nitrogens with one attached hydrogen (secondary N) is 2. The molecule has 1 aromatic carbocycles. The average Bonchev–Trinajstić information content (AvgIpc) is 3.42. The molecule has 2 aromatic rings. The first-order chi connectivity index (χ1) is 13.6. The quantitative estimate of drug-likeness (QED) is 0.301. The molecule has 3 rings (SSSR count). The van der Waals surface area contributed by atoms with Crippen molar-refractivity contribution in [3.63, 3.8) is 0 Å². The Balaban J connectivity index is 0.00000300. The molecule has 2 N–H and O–H groups in total. The fraction of sp³-hybridized carbons (Fsp3) is 0.450. The van der Waals surface area contributed by atoms with Crippen molar-refractivity contribution in [1.82, 2.24) is 15.5 Å². The molecule has 1 aliphatic rings. The van der Waals surface area contributed by atoms with Crippen molar-refractivity contribution < 1.29 is 8.42 Å². The van der Waals surface area contributed by atoms with Gasteiger partial charge in [0.2, 0.25) is 0 Å². The van der Waals surface area contributed by atoms with Gasteiger partial charge in [-0.25, -0.2) is 8.42 Å². The summed E-state index contributed by atoms with van der Waals surface area (Å²) in [5.74, 6) is 0.655. The summed E-state index contributed by atoms with van der Waals surface area (Å²) >= 11 is 1.77. The Morgan fingerprint density at radius 2 is 1.86 bits per heavy atom. The van der Waals surface area contributed by atoms with Gasteiger partial charge in [-0.1, -0.05) is 24.3 Å². The number of guanidine groups is 1. The number of hydrogen-bond acceptors (Lipinski definition) is 5. The van der Waals surface area contributed by atoms with E-state index in [9.17, 15) is 8.42 Å². The standard InChI is InChI=1S/C20H28N4O2S2.HI/c1-21-20(22-11-15-28(25,26)17-8-3-2-4-9-17)23-16-18(19-10-7-14-27-19)24-12-5-6-13-24;/h2-4,7-10,14,18H,5-6,11-13,15-16H2,1H3,(H2,21,22,23);1H. The number of benzene rings is 1. The maximum atomic E-state index is 12.4. The number of nitrogens with zero attached hydrogens (tertiary/aromatic N) is 2. The maximum absolute atomic E-state index is 12.4. The van der Waals surface area contributed by atoms with Crippen LogP contribution in [0.15, 0.2) is 57.7 Å². The van der Waals surface area contributed by atoms with E-state index in [4.69, 9.17) is 0 Å². The Hall–Kier alpha value is -1.17. The van der Waals surface area contributed by atoms with Crippen LogP contribution in [0.2, 0.25) is 0 Å². The van der Waals surface area contributed by atoms with Gasteiger partial charge in [0.05, 0.1) is 16.7 Å². The van der Waals surface area contributed by atoms with Crippen LogP contribution in [0.1, 0.15) is 23.8 Å². The Morgan fingerprint density at radius 1 is 1.14 bits per heavy atom. The molecular weight excluding hydrogens is 519 g/mol. The van der Waals surface area contributed by atoms with Crippen molar-refractivity contribution in [2.75, 3.05) is 39.0 Å². The van der Waals surface area contributed by atoms with Crippen molar-refractivity contribution in [1.29, 1.82) is 0 Å². The lowest BCUT2D eigenvalue weighted by Crippen LogP contribution is -2.43. The number of thiophene rings is 1. The van der Waals surface area contributed by atoms with Crippen LogP contribution in [0.5, 0.6) is 0 Å². The Bertz CT molecular complexity index is 852. The van der Waals surface area contributed by atoms with Crippen LogP contribution in [0.25, 0.3) is 0 Å². The number of aliphatic imine (C=N–C) groups is 1. The van der Waals surface area contributed by atoms with E-state index in [1.54, 1.807) is 42.6 Å². The van der Waals surface area contributed by atoms with Gasteiger partial charge in [0.1, 0.15) is 0 Å². The molecule has 1 aliphatic heterocycles. The van der Waals surface area contributed by atoms with Gasteiger partial charge in [0.15, 0.2) is 15.8 Å². The third-order valence-electron chi connectivity index (χ3n) is 4.91. The Labute approximate surface area is 194 Å². The third kappa shape index (κ3) is 6.94. The van der Waals surface area contributed by atoms with E-state index in [0.717, 1.165) is 19.6 Å². The molecule has 29 heavy (non-hydrogen) atoms. The summed E-state index contributed by atoms with van der Waals surface area (Å²) in [5, 5.41) is 8.61. The van der Waals surface area contributed by atoms with Gasteiger partial charge in [-0.3, -0.25) is 9.89 Å². The monoisotopic (exact) mass is 548 g/mol. The van der Waals surface area contributed by atoms with Crippen LogP contribution in [0.3, 0.4) is 0 Å². The average molecular weight is 549 g/mol. The molecule has 9 heteroatoms. The molecule has 0 bridgehead atoms. The molecule has 160 valence electrons. The SMILES string of the molecule is CN=C(NCCS(=O)(=O)c1ccccc1)NCC(c1cccs1)N1CCCC1.I. The van der Waals surface area contributed by atoms with Gasteiger partial charge in [-0.05, 0) is 49.5 Å². The lowest BCUT2D eigenvalue weighted by Gasteiger charge is -2.27. The molecular formula is C20H29IN4O2S2. The first-order valence-electron chi connectivity index (χ1n) is 9.60. The molecule has 1 fully saturated rings. The second-order valence-electron chi connectivity index (χ2n) is 6.79. The van der Waals surface area contributed by atoms with Crippen molar-refractivity contribution in [2.24, 2.45) is 4.99 Å². The molecule has 0 amide bonds. The molecule has 0 spiro atoms. The van der Waals surface area contributed by atoms with Crippen LogP contribution in [-0.2, 0) is 9.84 Å². The predicted octanol–water partition coefficient (Wildman–Crippen LogP) is 3.14. The van der Waals surface area contributed by atoms with E-state index >= 15 is 0 Å². The molecule has 1 atom stereocenters. The van der Waals surface area contributed by atoms with Gasteiger partial charge >= 0.3 is 0 Å². The highest BCUT2D eigenvalue weighted by Crippen LogP contribution is 2.27. The molecule has 0 aliphatic carbocycles. The van der Waals surface area contributed by atoms with Gasteiger partial charge in [-0.15, -0.1) is 35.3 Å². The number of likely N-dealkylation sites (tertiary alicyclic amines) is 1. The van der Waals surface area contributed by atoms with Gasteiger partial charge in [-0.2, -0.15) is 0 Å². The summed E-state index contributed by atoms with van der Waals surface area (Å²) < 4.78 is 24.8. The van der Waals surface area contributed by atoms with Crippen molar-refractivity contribution in [2.45, 2.75) is 23.8 Å². The number of sulfone groups is 1. The Kier molecular flexibility index (Phi) is 9.87. The van der Waals surface area contributed by atoms with Crippen LogP contribution < -0.4 is 10.6 Å². The minimum absolute atomic E-state index is 0. The van der Waals surface area contributed by atoms with E-state index in [0.29, 0.717) is 23.4 Å². The summed E-state index contributed by atoms with van der Waals surface area (Å²) in [6.45, 7) is 3.28. The van der Waals surface area contributed by atoms with E-state index in [1.807, 2.05) is 6.07 Å². The minimum Gasteiger partial charge on any atom is -0.355 e. The van der Waals surface area contributed by atoms with Crippen LogP contribution in [0.4, 0.5) is 0 Å². The highest BCUT2D eigenvalue weighted by molar-refractivity contribution is 14.0. The highest BCUT2D eigenvalue weighted by atomic mass is 127. The molecule has 6 nitrogen and oxygen atoms in total. The van der Waals surface area contributed by atoms with Gasteiger partial charge in [0, 0.05) is 25.0 Å².